The number of aliphatic hydroxyl groups is 1. The van der Waals surface area contributed by atoms with Gasteiger partial charge >= 0.3 is 0 Å². The fraction of sp³-hybridized carbons (Fsp3) is 0.600. The summed E-state index contributed by atoms with van der Waals surface area (Å²) >= 11 is 0. The van der Waals surface area contributed by atoms with E-state index >= 15 is 0 Å². The van der Waals surface area contributed by atoms with Crippen molar-refractivity contribution >= 4 is 0 Å². The molecule has 1 aliphatic rings. The van der Waals surface area contributed by atoms with Crippen molar-refractivity contribution in [2.45, 2.75) is 32.7 Å². The van der Waals surface area contributed by atoms with Crippen LogP contribution in [0.4, 0.5) is 0 Å². The molecule has 1 N–H and O–H groups in total. The summed E-state index contributed by atoms with van der Waals surface area (Å²) in [5.41, 5.74) is 2.41. The normalized spacial score (nSPS) is 15.1. The van der Waals surface area contributed by atoms with Crippen LogP contribution in [-0.4, -0.2) is 42.4 Å². The molecule has 2 rings (SSSR count). The van der Waals surface area contributed by atoms with E-state index in [1.807, 2.05) is 0 Å². The van der Waals surface area contributed by atoms with E-state index in [1.54, 1.807) is 0 Å². The largest absolute Gasteiger partial charge is 0.492 e. The highest BCUT2D eigenvalue weighted by molar-refractivity contribution is 5.35. The van der Waals surface area contributed by atoms with Gasteiger partial charge in [0.05, 0.1) is 6.61 Å². The lowest BCUT2D eigenvalue weighted by atomic mass is 10.1. The number of aliphatic hydroxyl groups excluding tert-OH is 1. The maximum absolute atomic E-state index is 9.03. The zero-order valence-electron chi connectivity index (χ0n) is 11.4. The van der Waals surface area contributed by atoms with Gasteiger partial charge in [0.15, 0.2) is 0 Å². The Morgan fingerprint density at radius 3 is 2.72 bits per heavy atom. The topological polar surface area (TPSA) is 32.7 Å². The number of hydrogen-bond acceptors (Lipinski definition) is 3. The van der Waals surface area contributed by atoms with Crippen molar-refractivity contribution in [2.24, 2.45) is 0 Å². The predicted octanol–water partition coefficient (Wildman–Crippen LogP) is 2.14. The first kappa shape index (κ1) is 13.4. The number of hydrogen-bond donors (Lipinski definition) is 1. The molecule has 18 heavy (non-hydrogen) atoms. The average Bonchev–Trinajstić information content (AvgIpc) is 3.16. The van der Waals surface area contributed by atoms with Crippen molar-refractivity contribution in [3.63, 3.8) is 0 Å². The van der Waals surface area contributed by atoms with Crippen LogP contribution in [0.15, 0.2) is 18.2 Å². The summed E-state index contributed by atoms with van der Waals surface area (Å²) in [6, 6.07) is 6.96. The highest BCUT2D eigenvalue weighted by Gasteiger charge is 2.28. The molecule has 0 aliphatic heterocycles. The molecule has 0 aromatic heterocycles. The summed E-state index contributed by atoms with van der Waals surface area (Å²) < 4.78 is 5.85. The van der Waals surface area contributed by atoms with Crippen LogP contribution in [-0.2, 0) is 0 Å². The molecule has 1 aromatic carbocycles. The number of nitrogens with zero attached hydrogens (tertiary/aromatic N) is 1. The van der Waals surface area contributed by atoms with Gasteiger partial charge in [0.1, 0.15) is 12.4 Å². The molecule has 0 bridgehead atoms. The van der Waals surface area contributed by atoms with Crippen LogP contribution < -0.4 is 4.74 Å². The van der Waals surface area contributed by atoms with E-state index in [1.165, 1.54) is 24.0 Å². The van der Waals surface area contributed by atoms with E-state index < -0.39 is 0 Å². The Labute approximate surface area is 109 Å². The van der Waals surface area contributed by atoms with Gasteiger partial charge in [-0.1, -0.05) is 12.1 Å². The molecule has 0 amide bonds. The number of aryl methyl sites for hydroxylation is 2. The first-order chi connectivity index (χ1) is 8.70. The van der Waals surface area contributed by atoms with Gasteiger partial charge in [0, 0.05) is 19.1 Å². The predicted molar refractivity (Wildman–Crippen MR) is 73.1 cm³/mol. The molecule has 0 atom stereocenters. The van der Waals surface area contributed by atoms with Gasteiger partial charge in [-0.05, 0) is 43.9 Å². The Kier molecular flexibility index (Phi) is 4.61. The third kappa shape index (κ3) is 3.72. The van der Waals surface area contributed by atoms with Gasteiger partial charge in [-0.2, -0.15) is 0 Å². The average molecular weight is 249 g/mol. The molecule has 0 saturated heterocycles. The third-order valence-corrected chi connectivity index (χ3v) is 3.43. The summed E-state index contributed by atoms with van der Waals surface area (Å²) in [6.45, 7) is 6.75. The third-order valence-electron chi connectivity index (χ3n) is 3.43. The zero-order valence-corrected chi connectivity index (χ0v) is 11.4. The molecule has 1 saturated carbocycles. The first-order valence-corrected chi connectivity index (χ1v) is 6.75. The standard InChI is InChI=1S/C15H23NO2/c1-12-3-4-13(2)15(11-12)18-10-8-16(7-9-17)14-5-6-14/h3-4,11,14,17H,5-10H2,1-2H3. The molecular formula is C15H23NO2. The van der Waals surface area contributed by atoms with Crippen molar-refractivity contribution in [1.82, 2.24) is 4.90 Å². The lowest BCUT2D eigenvalue weighted by molar-refractivity contribution is 0.162. The second-order valence-corrected chi connectivity index (χ2v) is 5.11. The maximum Gasteiger partial charge on any atom is 0.122 e. The number of ether oxygens (including phenoxy) is 1. The smallest absolute Gasteiger partial charge is 0.122 e. The Hall–Kier alpha value is -1.06. The van der Waals surface area contributed by atoms with E-state index in [0.29, 0.717) is 12.6 Å². The number of rotatable bonds is 7. The Morgan fingerprint density at radius 1 is 1.28 bits per heavy atom. The van der Waals surface area contributed by atoms with Gasteiger partial charge in [-0.25, -0.2) is 0 Å². The molecule has 0 unspecified atom stereocenters. The minimum absolute atomic E-state index is 0.236. The highest BCUT2D eigenvalue weighted by Crippen LogP contribution is 2.26. The van der Waals surface area contributed by atoms with Crippen LogP contribution in [0.3, 0.4) is 0 Å². The van der Waals surface area contributed by atoms with Crippen LogP contribution in [0.25, 0.3) is 0 Å². The van der Waals surface area contributed by atoms with E-state index in [0.717, 1.165) is 18.8 Å². The van der Waals surface area contributed by atoms with Gasteiger partial charge in [-0.15, -0.1) is 0 Å². The van der Waals surface area contributed by atoms with Crippen LogP contribution in [0.1, 0.15) is 24.0 Å². The van der Waals surface area contributed by atoms with Crippen LogP contribution in [0, 0.1) is 13.8 Å². The van der Waals surface area contributed by atoms with Crippen molar-refractivity contribution in [1.29, 1.82) is 0 Å². The van der Waals surface area contributed by atoms with Crippen LogP contribution >= 0.6 is 0 Å². The van der Waals surface area contributed by atoms with E-state index in [-0.39, 0.29) is 6.61 Å². The quantitative estimate of drug-likeness (QED) is 0.803. The van der Waals surface area contributed by atoms with Crippen LogP contribution in [0.5, 0.6) is 5.75 Å². The molecule has 0 radical (unpaired) electrons. The van der Waals surface area contributed by atoms with Gasteiger partial charge < -0.3 is 9.84 Å². The molecule has 1 fully saturated rings. The Balaban J connectivity index is 1.81. The Bertz CT molecular complexity index is 388. The van der Waals surface area contributed by atoms with Crippen LogP contribution in [0.2, 0.25) is 0 Å². The molecular weight excluding hydrogens is 226 g/mol. The van der Waals surface area contributed by atoms with Gasteiger partial charge in [0.25, 0.3) is 0 Å². The van der Waals surface area contributed by atoms with Crippen molar-refractivity contribution in [3.8, 4) is 5.75 Å². The first-order valence-electron chi connectivity index (χ1n) is 6.75. The second-order valence-electron chi connectivity index (χ2n) is 5.11. The van der Waals surface area contributed by atoms with E-state index in [9.17, 15) is 0 Å². The Morgan fingerprint density at radius 2 is 2.06 bits per heavy atom. The molecule has 3 heteroatoms. The van der Waals surface area contributed by atoms with Crippen molar-refractivity contribution in [3.05, 3.63) is 29.3 Å². The molecule has 0 spiro atoms. The fourth-order valence-corrected chi connectivity index (χ4v) is 2.18. The van der Waals surface area contributed by atoms with Crippen molar-refractivity contribution in [2.75, 3.05) is 26.3 Å². The highest BCUT2D eigenvalue weighted by atomic mass is 16.5. The molecule has 100 valence electrons. The summed E-state index contributed by atoms with van der Waals surface area (Å²) in [7, 11) is 0. The summed E-state index contributed by atoms with van der Waals surface area (Å²) in [5, 5.41) is 9.03. The summed E-state index contributed by atoms with van der Waals surface area (Å²) in [5.74, 6) is 0.981. The lowest BCUT2D eigenvalue weighted by Crippen LogP contribution is -2.33. The molecule has 1 aromatic rings. The van der Waals surface area contributed by atoms with Crippen molar-refractivity contribution < 1.29 is 9.84 Å². The molecule has 1 aliphatic carbocycles. The minimum Gasteiger partial charge on any atom is -0.492 e. The van der Waals surface area contributed by atoms with E-state index in [4.69, 9.17) is 9.84 Å². The second kappa shape index (κ2) is 6.21. The maximum atomic E-state index is 9.03. The number of benzene rings is 1. The monoisotopic (exact) mass is 249 g/mol. The van der Waals surface area contributed by atoms with Gasteiger partial charge in [-0.3, -0.25) is 4.90 Å². The lowest BCUT2D eigenvalue weighted by Gasteiger charge is -2.21. The molecule has 3 nitrogen and oxygen atoms in total. The summed E-state index contributed by atoms with van der Waals surface area (Å²) in [4.78, 5) is 2.32. The minimum atomic E-state index is 0.236. The van der Waals surface area contributed by atoms with E-state index in [2.05, 4.69) is 36.9 Å². The fourth-order valence-electron chi connectivity index (χ4n) is 2.18. The summed E-state index contributed by atoms with van der Waals surface area (Å²) in [6.07, 6.45) is 2.53. The molecule has 0 heterocycles. The SMILES string of the molecule is Cc1ccc(C)c(OCCN(CCO)C2CC2)c1. The zero-order chi connectivity index (χ0) is 13.0. The van der Waals surface area contributed by atoms with Gasteiger partial charge in [0.2, 0.25) is 0 Å².